The molecule has 0 fully saturated rings. The van der Waals surface area contributed by atoms with Gasteiger partial charge in [-0.3, -0.25) is 9.59 Å². The number of aliphatic carboxylic acids is 1. The molecule has 21 heavy (non-hydrogen) atoms. The maximum Gasteiger partial charge on any atom is 0.320 e. The van der Waals surface area contributed by atoms with E-state index in [0.29, 0.717) is 5.56 Å². The van der Waals surface area contributed by atoms with Crippen molar-refractivity contribution in [3.8, 4) is 0 Å². The van der Waals surface area contributed by atoms with E-state index in [2.05, 4.69) is 5.32 Å². The van der Waals surface area contributed by atoms with E-state index in [1.807, 2.05) is 18.2 Å². The topological polar surface area (TPSA) is 92.4 Å². The summed E-state index contributed by atoms with van der Waals surface area (Å²) in [6, 6.07) is 15.0. The molecule has 5 heteroatoms. The maximum atomic E-state index is 12.0. The van der Waals surface area contributed by atoms with E-state index in [1.165, 1.54) is 0 Å². The van der Waals surface area contributed by atoms with E-state index in [4.69, 9.17) is 10.8 Å². The molecule has 0 bridgehead atoms. The lowest BCUT2D eigenvalue weighted by Crippen LogP contribution is -2.32. The van der Waals surface area contributed by atoms with Crippen LogP contribution in [0.25, 0.3) is 0 Å². The fourth-order valence-electron chi connectivity index (χ4n) is 1.86. The summed E-state index contributed by atoms with van der Waals surface area (Å²) in [5.74, 6) is -1.25. The molecule has 0 heterocycles. The van der Waals surface area contributed by atoms with Crippen molar-refractivity contribution >= 4 is 17.6 Å². The summed E-state index contributed by atoms with van der Waals surface area (Å²) in [5, 5.41) is 11.5. The molecule has 4 N–H and O–H groups in total. The Hall–Kier alpha value is -2.66. The molecule has 1 amide bonds. The predicted molar refractivity (Wildman–Crippen MR) is 80.2 cm³/mol. The number of rotatable bonds is 5. The number of para-hydroxylation sites is 1. The van der Waals surface area contributed by atoms with Crippen molar-refractivity contribution in [2.75, 3.05) is 5.32 Å². The van der Waals surface area contributed by atoms with Gasteiger partial charge >= 0.3 is 5.97 Å². The predicted octanol–water partition coefficient (Wildman–Crippen LogP) is 1.89. The van der Waals surface area contributed by atoms with E-state index in [0.717, 1.165) is 11.3 Å². The van der Waals surface area contributed by atoms with Crippen molar-refractivity contribution in [1.82, 2.24) is 0 Å². The number of benzene rings is 2. The Labute approximate surface area is 122 Å². The Bertz CT molecular complexity index is 624. The molecule has 1 atom stereocenters. The van der Waals surface area contributed by atoms with Crippen molar-refractivity contribution in [3.63, 3.8) is 0 Å². The number of nitrogens with one attached hydrogen (secondary N) is 1. The third kappa shape index (κ3) is 4.15. The van der Waals surface area contributed by atoms with E-state index < -0.39 is 12.0 Å². The van der Waals surface area contributed by atoms with Crippen LogP contribution in [0.2, 0.25) is 0 Å². The van der Waals surface area contributed by atoms with Crippen molar-refractivity contribution < 1.29 is 14.7 Å². The molecule has 108 valence electrons. The zero-order chi connectivity index (χ0) is 15.2. The first-order chi connectivity index (χ1) is 10.1. The SMILES string of the molecule is N[C@@H](Cc1ccc(C(=O)Nc2ccccc2)cc1)C(=O)O. The van der Waals surface area contributed by atoms with Gasteiger partial charge in [0.1, 0.15) is 6.04 Å². The Morgan fingerprint density at radius 1 is 1.05 bits per heavy atom. The Morgan fingerprint density at radius 3 is 2.24 bits per heavy atom. The Kier molecular flexibility index (Phi) is 4.68. The van der Waals surface area contributed by atoms with Crippen molar-refractivity contribution in [3.05, 3.63) is 65.7 Å². The molecule has 0 radical (unpaired) electrons. The van der Waals surface area contributed by atoms with E-state index in [9.17, 15) is 9.59 Å². The van der Waals surface area contributed by atoms with Crippen LogP contribution in [0.3, 0.4) is 0 Å². The first kappa shape index (κ1) is 14.7. The number of hydrogen-bond acceptors (Lipinski definition) is 3. The molecule has 2 aromatic rings. The minimum Gasteiger partial charge on any atom is -0.480 e. The van der Waals surface area contributed by atoms with E-state index in [-0.39, 0.29) is 12.3 Å². The number of anilines is 1. The number of carboxylic acid groups (broad SMARTS) is 1. The minimum atomic E-state index is -1.04. The minimum absolute atomic E-state index is 0.213. The molecule has 0 aliphatic carbocycles. The van der Waals surface area contributed by atoms with Crippen LogP contribution < -0.4 is 11.1 Å². The molecule has 5 nitrogen and oxygen atoms in total. The van der Waals surface area contributed by atoms with Gasteiger partial charge in [-0.25, -0.2) is 0 Å². The number of carbonyl (C=O) groups excluding carboxylic acids is 1. The van der Waals surface area contributed by atoms with Gasteiger partial charge in [0.15, 0.2) is 0 Å². The molecular weight excluding hydrogens is 268 g/mol. The number of hydrogen-bond donors (Lipinski definition) is 3. The van der Waals surface area contributed by atoms with Crippen LogP contribution in [0.1, 0.15) is 15.9 Å². The number of amides is 1. The fraction of sp³-hybridized carbons (Fsp3) is 0.125. The fourth-order valence-corrected chi connectivity index (χ4v) is 1.86. The quantitative estimate of drug-likeness (QED) is 0.781. The molecule has 0 aliphatic rings. The van der Waals surface area contributed by atoms with Gasteiger partial charge in [-0.1, -0.05) is 30.3 Å². The van der Waals surface area contributed by atoms with Gasteiger partial charge in [0.25, 0.3) is 5.91 Å². The zero-order valence-electron chi connectivity index (χ0n) is 11.3. The third-order valence-corrected chi connectivity index (χ3v) is 3.02. The molecular formula is C16H16N2O3. The van der Waals surface area contributed by atoms with Gasteiger partial charge in [0.2, 0.25) is 0 Å². The second-order valence-corrected chi connectivity index (χ2v) is 4.67. The average Bonchev–Trinajstić information content (AvgIpc) is 2.48. The highest BCUT2D eigenvalue weighted by Crippen LogP contribution is 2.10. The monoisotopic (exact) mass is 284 g/mol. The largest absolute Gasteiger partial charge is 0.480 e. The molecule has 0 aliphatic heterocycles. The normalized spacial score (nSPS) is 11.7. The van der Waals surface area contributed by atoms with Crippen molar-refractivity contribution in [2.45, 2.75) is 12.5 Å². The highest BCUT2D eigenvalue weighted by atomic mass is 16.4. The molecule has 0 saturated heterocycles. The van der Waals surface area contributed by atoms with Crippen LogP contribution in [0, 0.1) is 0 Å². The zero-order valence-corrected chi connectivity index (χ0v) is 11.3. The van der Waals surface area contributed by atoms with Crippen LogP contribution in [0.4, 0.5) is 5.69 Å². The van der Waals surface area contributed by atoms with E-state index >= 15 is 0 Å². The molecule has 0 spiro atoms. The van der Waals surface area contributed by atoms with Gasteiger partial charge in [-0.2, -0.15) is 0 Å². The number of carbonyl (C=O) groups is 2. The smallest absolute Gasteiger partial charge is 0.320 e. The van der Waals surface area contributed by atoms with Crippen LogP contribution in [0.5, 0.6) is 0 Å². The van der Waals surface area contributed by atoms with Gasteiger partial charge in [0, 0.05) is 11.3 Å². The maximum absolute atomic E-state index is 12.0. The summed E-state index contributed by atoms with van der Waals surface area (Å²) in [5.41, 5.74) is 7.48. The summed E-state index contributed by atoms with van der Waals surface area (Å²) in [4.78, 5) is 22.7. The van der Waals surface area contributed by atoms with Gasteiger partial charge in [0.05, 0.1) is 0 Å². The highest BCUT2D eigenvalue weighted by molar-refractivity contribution is 6.04. The lowest BCUT2D eigenvalue weighted by atomic mass is 10.0. The van der Waals surface area contributed by atoms with Gasteiger partial charge in [-0.15, -0.1) is 0 Å². The first-order valence-corrected chi connectivity index (χ1v) is 6.50. The molecule has 2 aromatic carbocycles. The molecule has 2 rings (SSSR count). The Morgan fingerprint density at radius 2 is 1.67 bits per heavy atom. The summed E-state index contributed by atoms with van der Waals surface area (Å²) in [7, 11) is 0. The summed E-state index contributed by atoms with van der Waals surface area (Å²) < 4.78 is 0. The van der Waals surface area contributed by atoms with Crippen molar-refractivity contribution in [1.29, 1.82) is 0 Å². The second kappa shape index (κ2) is 6.67. The van der Waals surface area contributed by atoms with Gasteiger partial charge in [-0.05, 0) is 36.2 Å². The lowest BCUT2D eigenvalue weighted by Gasteiger charge is -2.08. The van der Waals surface area contributed by atoms with Crippen molar-refractivity contribution in [2.24, 2.45) is 5.73 Å². The standard InChI is InChI=1S/C16H16N2O3/c17-14(16(20)21)10-11-6-8-12(9-7-11)15(19)18-13-4-2-1-3-5-13/h1-9,14H,10,17H2,(H,18,19)(H,20,21)/t14-/m0/s1. The molecule has 0 aromatic heterocycles. The average molecular weight is 284 g/mol. The number of nitrogens with two attached hydrogens (primary N) is 1. The lowest BCUT2D eigenvalue weighted by molar-refractivity contribution is -0.138. The van der Waals surface area contributed by atoms with Crippen LogP contribution in [-0.4, -0.2) is 23.0 Å². The molecule has 0 saturated carbocycles. The van der Waals surface area contributed by atoms with Crippen LogP contribution >= 0.6 is 0 Å². The molecule has 0 unspecified atom stereocenters. The van der Waals surface area contributed by atoms with Crippen LogP contribution in [0.15, 0.2) is 54.6 Å². The second-order valence-electron chi connectivity index (χ2n) is 4.67. The summed E-state index contributed by atoms with van der Waals surface area (Å²) in [6.45, 7) is 0. The summed E-state index contributed by atoms with van der Waals surface area (Å²) in [6.07, 6.45) is 0.232. The van der Waals surface area contributed by atoms with Crippen LogP contribution in [-0.2, 0) is 11.2 Å². The van der Waals surface area contributed by atoms with E-state index in [1.54, 1.807) is 36.4 Å². The Balaban J connectivity index is 2.01. The number of carboxylic acids is 1. The van der Waals surface area contributed by atoms with Gasteiger partial charge < -0.3 is 16.2 Å². The summed E-state index contributed by atoms with van der Waals surface area (Å²) >= 11 is 0. The highest BCUT2D eigenvalue weighted by Gasteiger charge is 2.12. The third-order valence-electron chi connectivity index (χ3n) is 3.02. The first-order valence-electron chi connectivity index (χ1n) is 6.50.